The van der Waals surface area contributed by atoms with Crippen LogP contribution >= 0.6 is 27.5 Å². The van der Waals surface area contributed by atoms with E-state index in [4.69, 9.17) is 11.6 Å². The van der Waals surface area contributed by atoms with Crippen LogP contribution in [0.3, 0.4) is 0 Å². The van der Waals surface area contributed by atoms with E-state index in [-0.39, 0.29) is 11.5 Å². The zero-order valence-corrected chi connectivity index (χ0v) is 18.1. The molecule has 0 saturated carbocycles. The highest BCUT2D eigenvalue weighted by molar-refractivity contribution is 9.10. The molecule has 1 amide bonds. The average Bonchev–Trinajstić information content (AvgIpc) is 3.16. The molecule has 2 aromatic carbocycles. The van der Waals surface area contributed by atoms with Crippen LogP contribution in [0.4, 0.5) is 0 Å². The van der Waals surface area contributed by atoms with Gasteiger partial charge in [0.25, 0.3) is 11.5 Å². The molecule has 0 aliphatic carbocycles. The summed E-state index contributed by atoms with van der Waals surface area (Å²) >= 11 is 9.24. The van der Waals surface area contributed by atoms with E-state index in [1.165, 1.54) is 12.5 Å². The van der Waals surface area contributed by atoms with Crippen LogP contribution in [0.25, 0.3) is 11.0 Å². The van der Waals surface area contributed by atoms with Gasteiger partial charge < -0.3 is 5.32 Å². The largest absolute Gasteiger partial charge is 0.350 e. The zero-order valence-electron chi connectivity index (χ0n) is 15.8. The van der Waals surface area contributed by atoms with Crippen LogP contribution in [-0.2, 0) is 13.1 Å². The van der Waals surface area contributed by atoms with Gasteiger partial charge in [0.15, 0.2) is 5.65 Å². The highest BCUT2D eigenvalue weighted by atomic mass is 79.9. The summed E-state index contributed by atoms with van der Waals surface area (Å²) in [5.74, 6) is -0.201. The quantitative estimate of drug-likeness (QED) is 0.452. The van der Waals surface area contributed by atoms with Crippen LogP contribution in [0.2, 0.25) is 5.02 Å². The summed E-state index contributed by atoms with van der Waals surface area (Å²) in [4.78, 5) is 29.4. The van der Waals surface area contributed by atoms with Crippen molar-refractivity contribution in [2.75, 3.05) is 6.54 Å². The number of fused-ring (bicyclic) bond motifs is 1. The molecular weight excluding hydrogens is 470 g/mol. The van der Waals surface area contributed by atoms with Crippen molar-refractivity contribution in [3.05, 3.63) is 92.0 Å². The van der Waals surface area contributed by atoms with Gasteiger partial charge in [-0.2, -0.15) is 5.10 Å². The fraction of sp³-hybridized carbons (Fsp3) is 0.143. The van der Waals surface area contributed by atoms with E-state index in [0.717, 1.165) is 10.0 Å². The van der Waals surface area contributed by atoms with Gasteiger partial charge in [0.1, 0.15) is 11.7 Å². The van der Waals surface area contributed by atoms with Crippen molar-refractivity contribution in [1.82, 2.24) is 24.6 Å². The summed E-state index contributed by atoms with van der Waals surface area (Å²) in [5, 5.41) is 8.11. The number of carbonyl (C=O) groups excluding carboxylic acids is 1. The Hall–Kier alpha value is -2.97. The van der Waals surface area contributed by atoms with Crippen LogP contribution in [0.5, 0.6) is 0 Å². The monoisotopic (exact) mass is 485 g/mol. The summed E-state index contributed by atoms with van der Waals surface area (Å²) < 4.78 is 4.15. The van der Waals surface area contributed by atoms with Gasteiger partial charge in [0.05, 0.1) is 19.3 Å². The molecular formula is C21H17BrClN5O2. The molecule has 4 aromatic rings. The Morgan fingerprint density at radius 1 is 1.10 bits per heavy atom. The molecule has 0 aliphatic heterocycles. The third-order valence-electron chi connectivity index (χ3n) is 4.60. The molecule has 0 fully saturated rings. The second-order valence-electron chi connectivity index (χ2n) is 6.67. The van der Waals surface area contributed by atoms with E-state index >= 15 is 0 Å². The Balaban J connectivity index is 1.45. The van der Waals surface area contributed by atoms with E-state index in [0.29, 0.717) is 41.3 Å². The van der Waals surface area contributed by atoms with Gasteiger partial charge in [-0.15, -0.1) is 0 Å². The molecule has 0 saturated heterocycles. The van der Waals surface area contributed by atoms with Crippen LogP contribution < -0.4 is 10.9 Å². The molecule has 0 atom stereocenters. The molecule has 9 heteroatoms. The van der Waals surface area contributed by atoms with E-state index < -0.39 is 0 Å². The van der Waals surface area contributed by atoms with E-state index in [2.05, 4.69) is 31.3 Å². The van der Waals surface area contributed by atoms with Crippen molar-refractivity contribution in [3.63, 3.8) is 0 Å². The summed E-state index contributed by atoms with van der Waals surface area (Å²) in [6.07, 6.45) is 3.04. The van der Waals surface area contributed by atoms with Gasteiger partial charge in [0, 0.05) is 21.6 Å². The molecule has 2 heterocycles. The molecule has 0 aliphatic rings. The van der Waals surface area contributed by atoms with Gasteiger partial charge in [-0.25, -0.2) is 9.67 Å². The highest BCUT2D eigenvalue weighted by Gasteiger charge is 2.11. The second-order valence-corrected chi connectivity index (χ2v) is 8.02. The molecule has 152 valence electrons. The van der Waals surface area contributed by atoms with Crippen LogP contribution in [0, 0.1) is 0 Å². The fourth-order valence-corrected chi connectivity index (χ4v) is 3.43. The third kappa shape index (κ3) is 4.44. The summed E-state index contributed by atoms with van der Waals surface area (Å²) in [7, 11) is 0. The van der Waals surface area contributed by atoms with E-state index in [1.807, 2.05) is 24.3 Å². The molecule has 30 heavy (non-hydrogen) atoms. The van der Waals surface area contributed by atoms with Crippen molar-refractivity contribution in [1.29, 1.82) is 0 Å². The lowest BCUT2D eigenvalue weighted by Crippen LogP contribution is -2.27. The minimum absolute atomic E-state index is 0.153. The number of benzene rings is 2. The Kier molecular flexibility index (Phi) is 5.96. The molecule has 1 N–H and O–H groups in total. The van der Waals surface area contributed by atoms with Crippen molar-refractivity contribution in [2.24, 2.45) is 0 Å². The Morgan fingerprint density at radius 3 is 2.57 bits per heavy atom. The van der Waals surface area contributed by atoms with Crippen molar-refractivity contribution >= 4 is 44.5 Å². The molecule has 0 unspecified atom stereocenters. The number of hydrogen-bond donors (Lipinski definition) is 1. The fourth-order valence-electron chi connectivity index (χ4n) is 3.04. The third-order valence-corrected chi connectivity index (χ3v) is 5.38. The topological polar surface area (TPSA) is 81.8 Å². The number of rotatable bonds is 6. The maximum atomic E-state index is 12.8. The Labute approximate surface area is 185 Å². The van der Waals surface area contributed by atoms with Gasteiger partial charge in [0.2, 0.25) is 0 Å². The smallest absolute Gasteiger partial charge is 0.264 e. The standard InChI is InChI=1S/C21H17BrClN5O2/c22-16-5-1-14(2-6-16)12-27-13-25-19-18(21(27)30)11-26-28(19)10-9-24-20(29)15-3-7-17(23)8-4-15/h1-8,11,13H,9-10,12H2,(H,24,29). The predicted octanol–water partition coefficient (Wildman–Crippen LogP) is 3.49. The molecule has 0 radical (unpaired) electrons. The average molecular weight is 487 g/mol. The molecule has 4 rings (SSSR count). The van der Waals surface area contributed by atoms with Crippen molar-refractivity contribution in [3.8, 4) is 0 Å². The lowest BCUT2D eigenvalue weighted by molar-refractivity contribution is 0.0952. The summed E-state index contributed by atoms with van der Waals surface area (Å²) in [6.45, 7) is 1.17. The first-order valence-corrected chi connectivity index (χ1v) is 10.4. The van der Waals surface area contributed by atoms with Crippen LogP contribution in [-0.4, -0.2) is 31.8 Å². The molecule has 2 aromatic heterocycles. The normalized spacial score (nSPS) is 11.0. The van der Waals surface area contributed by atoms with Crippen molar-refractivity contribution < 1.29 is 4.79 Å². The predicted molar refractivity (Wildman–Crippen MR) is 119 cm³/mol. The maximum Gasteiger partial charge on any atom is 0.264 e. The van der Waals surface area contributed by atoms with Gasteiger partial charge in [-0.05, 0) is 42.0 Å². The minimum atomic E-state index is -0.201. The lowest BCUT2D eigenvalue weighted by atomic mass is 10.2. The number of halogens is 2. The Bertz CT molecular complexity index is 1250. The highest BCUT2D eigenvalue weighted by Crippen LogP contribution is 2.12. The van der Waals surface area contributed by atoms with Crippen LogP contribution in [0.1, 0.15) is 15.9 Å². The first-order chi connectivity index (χ1) is 14.5. The molecule has 0 bridgehead atoms. The molecule has 0 spiro atoms. The van der Waals surface area contributed by atoms with E-state index in [1.54, 1.807) is 33.5 Å². The maximum absolute atomic E-state index is 12.8. The summed E-state index contributed by atoms with van der Waals surface area (Å²) in [6, 6.07) is 14.4. The first-order valence-electron chi connectivity index (χ1n) is 9.20. The van der Waals surface area contributed by atoms with E-state index in [9.17, 15) is 9.59 Å². The number of hydrogen-bond acceptors (Lipinski definition) is 4. The van der Waals surface area contributed by atoms with Crippen molar-refractivity contribution in [2.45, 2.75) is 13.1 Å². The zero-order chi connectivity index (χ0) is 21.1. The van der Waals surface area contributed by atoms with Gasteiger partial charge >= 0.3 is 0 Å². The summed E-state index contributed by atoms with van der Waals surface area (Å²) in [5.41, 5.74) is 1.87. The van der Waals surface area contributed by atoms with Gasteiger partial charge in [-0.1, -0.05) is 39.7 Å². The lowest BCUT2D eigenvalue weighted by Gasteiger charge is -2.08. The Morgan fingerprint density at radius 2 is 1.83 bits per heavy atom. The number of nitrogens with zero attached hydrogens (tertiary/aromatic N) is 4. The number of carbonyl (C=O) groups is 1. The number of aromatic nitrogens is 4. The minimum Gasteiger partial charge on any atom is -0.350 e. The van der Waals surface area contributed by atoms with Crippen LogP contribution in [0.15, 0.2) is 70.3 Å². The first kappa shape index (κ1) is 20.3. The SMILES string of the molecule is O=C(NCCn1ncc2c(=O)n(Cc3ccc(Br)cc3)cnc21)c1ccc(Cl)cc1. The van der Waals surface area contributed by atoms with Gasteiger partial charge in [-0.3, -0.25) is 14.2 Å². The second kappa shape index (κ2) is 8.81. The number of amides is 1. The molecule has 7 nitrogen and oxygen atoms in total. The number of nitrogens with one attached hydrogen (secondary N) is 1.